The van der Waals surface area contributed by atoms with Crippen LogP contribution in [0.25, 0.3) is 22.4 Å². The van der Waals surface area contributed by atoms with E-state index >= 15 is 0 Å². The van der Waals surface area contributed by atoms with Crippen molar-refractivity contribution < 1.29 is 13.2 Å². The Labute approximate surface area is 222 Å². The highest BCUT2D eigenvalue weighted by atomic mass is 35.5. The molecule has 2 aromatic carbocycles. The normalized spacial score (nSPS) is 11.9. The second kappa shape index (κ2) is 10.9. The SMILES string of the molecule is COc1cccc(-c2nn(C(C)(C)C)cc2-c2ccnc(NCCNS(=O)(=O)c3ccc(Cl)cc3)c2)c1. The lowest BCUT2D eigenvalue weighted by Gasteiger charge is -2.18. The van der Waals surface area contributed by atoms with E-state index in [-0.39, 0.29) is 17.0 Å². The van der Waals surface area contributed by atoms with Crippen molar-refractivity contribution in [1.29, 1.82) is 0 Å². The van der Waals surface area contributed by atoms with Gasteiger partial charge in [0.1, 0.15) is 17.3 Å². The van der Waals surface area contributed by atoms with Gasteiger partial charge >= 0.3 is 0 Å². The zero-order chi connectivity index (χ0) is 26.6. The Morgan fingerprint density at radius 3 is 2.46 bits per heavy atom. The zero-order valence-electron chi connectivity index (χ0n) is 21.2. The summed E-state index contributed by atoms with van der Waals surface area (Å²) in [4.78, 5) is 4.57. The Balaban J connectivity index is 1.53. The highest BCUT2D eigenvalue weighted by Gasteiger charge is 2.21. The molecule has 2 N–H and O–H groups in total. The number of ether oxygens (including phenoxy) is 1. The maximum absolute atomic E-state index is 12.5. The van der Waals surface area contributed by atoms with Crippen LogP contribution in [-0.2, 0) is 15.6 Å². The Morgan fingerprint density at radius 2 is 1.76 bits per heavy atom. The molecule has 4 aromatic rings. The smallest absolute Gasteiger partial charge is 0.240 e. The molecule has 0 spiro atoms. The first-order valence-corrected chi connectivity index (χ1v) is 13.6. The van der Waals surface area contributed by atoms with Crippen molar-refractivity contribution in [2.45, 2.75) is 31.2 Å². The number of anilines is 1. The van der Waals surface area contributed by atoms with Gasteiger partial charge in [0.2, 0.25) is 10.0 Å². The summed E-state index contributed by atoms with van der Waals surface area (Å²) < 4.78 is 34.9. The molecule has 0 bridgehead atoms. The van der Waals surface area contributed by atoms with E-state index in [2.05, 4.69) is 35.8 Å². The summed E-state index contributed by atoms with van der Waals surface area (Å²) in [5.74, 6) is 1.38. The maximum Gasteiger partial charge on any atom is 0.240 e. The Kier molecular flexibility index (Phi) is 7.87. The molecule has 0 aliphatic rings. The molecule has 4 rings (SSSR count). The second-order valence-corrected chi connectivity index (χ2v) is 11.7. The molecule has 0 fully saturated rings. The second-order valence-electron chi connectivity index (χ2n) is 9.45. The quantitative estimate of drug-likeness (QED) is 0.276. The molecule has 194 valence electrons. The fourth-order valence-electron chi connectivity index (χ4n) is 3.68. The first-order valence-electron chi connectivity index (χ1n) is 11.8. The molecule has 0 radical (unpaired) electrons. The molecule has 37 heavy (non-hydrogen) atoms. The number of rotatable bonds is 9. The van der Waals surface area contributed by atoms with E-state index in [1.807, 2.05) is 47.3 Å². The van der Waals surface area contributed by atoms with Crippen LogP contribution in [0.1, 0.15) is 20.8 Å². The largest absolute Gasteiger partial charge is 0.497 e. The van der Waals surface area contributed by atoms with Crippen molar-refractivity contribution in [3.63, 3.8) is 0 Å². The molecule has 8 nitrogen and oxygen atoms in total. The predicted molar refractivity (Wildman–Crippen MR) is 148 cm³/mol. The minimum absolute atomic E-state index is 0.165. The highest BCUT2D eigenvalue weighted by Crippen LogP contribution is 2.34. The van der Waals surface area contributed by atoms with Gasteiger partial charge in [-0.15, -0.1) is 0 Å². The van der Waals surface area contributed by atoms with Crippen molar-refractivity contribution in [3.05, 3.63) is 78.1 Å². The zero-order valence-corrected chi connectivity index (χ0v) is 22.8. The van der Waals surface area contributed by atoms with Gasteiger partial charge in [0.25, 0.3) is 0 Å². The number of hydrogen-bond donors (Lipinski definition) is 2. The van der Waals surface area contributed by atoms with Gasteiger partial charge in [-0.25, -0.2) is 18.1 Å². The van der Waals surface area contributed by atoms with Gasteiger partial charge in [-0.3, -0.25) is 4.68 Å². The van der Waals surface area contributed by atoms with E-state index in [9.17, 15) is 8.42 Å². The fourth-order valence-corrected chi connectivity index (χ4v) is 4.84. The van der Waals surface area contributed by atoms with Crippen LogP contribution >= 0.6 is 11.6 Å². The molecule has 2 aromatic heterocycles. The number of halogens is 1. The minimum Gasteiger partial charge on any atom is -0.497 e. The molecule has 0 atom stereocenters. The van der Waals surface area contributed by atoms with Crippen molar-refractivity contribution in [1.82, 2.24) is 19.5 Å². The summed E-state index contributed by atoms with van der Waals surface area (Å²) in [6.45, 7) is 6.85. The van der Waals surface area contributed by atoms with Crippen molar-refractivity contribution in [2.75, 3.05) is 25.5 Å². The van der Waals surface area contributed by atoms with E-state index in [1.54, 1.807) is 25.4 Å². The molecule has 0 amide bonds. The number of methoxy groups -OCH3 is 1. The van der Waals surface area contributed by atoms with E-state index in [1.165, 1.54) is 12.1 Å². The molecule has 10 heteroatoms. The monoisotopic (exact) mass is 539 g/mol. The molecular weight excluding hydrogens is 510 g/mol. The lowest BCUT2D eigenvalue weighted by atomic mass is 10.0. The van der Waals surface area contributed by atoms with Crippen LogP contribution in [0.5, 0.6) is 5.75 Å². The molecule has 0 aliphatic carbocycles. The Morgan fingerprint density at radius 1 is 1.00 bits per heavy atom. The summed E-state index contributed by atoms with van der Waals surface area (Å²) in [5, 5.41) is 8.58. The summed E-state index contributed by atoms with van der Waals surface area (Å²) in [6, 6.07) is 17.7. The molecule has 0 unspecified atom stereocenters. The van der Waals surface area contributed by atoms with Crippen molar-refractivity contribution in [3.8, 4) is 28.1 Å². The lowest BCUT2D eigenvalue weighted by molar-refractivity contribution is 0.356. The van der Waals surface area contributed by atoms with Crippen LogP contribution in [0.2, 0.25) is 5.02 Å². The number of pyridine rings is 1. The lowest BCUT2D eigenvalue weighted by Crippen LogP contribution is -2.29. The highest BCUT2D eigenvalue weighted by molar-refractivity contribution is 7.89. The molecule has 0 aliphatic heterocycles. The Bertz CT molecular complexity index is 1480. The maximum atomic E-state index is 12.5. The molecule has 0 saturated carbocycles. The average Bonchev–Trinajstić information content (AvgIpc) is 3.34. The third kappa shape index (κ3) is 6.49. The van der Waals surface area contributed by atoms with Gasteiger partial charge < -0.3 is 10.1 Å². The number of sulfonamides is 1. The number of benzene rings is 2. The number of nitrogens with one attached hydrogen (secondary N) is 2. The summed E-state index contributed by atoms with van der Waals surface area (Å²) in [7, 11) is -1.98. The van der Waals surface area contributed by atoms with Crippen LogP contribution in [0.3, 0.4) is 0 Å². The van der Waals surface area contributed by atoms with E-state index < -0.39 is 10.0 Å². The third-order valence-corrected chi connectivity index (χ3v) is 7.39. The minimum atomic E-state index is -3.63. The predicted octanol–water partition coefficient (Wildman–Crippen LogP) is 5.42. The van der Waals surface area contributed by atoms with Gasteiger partial charge in [-0.05, 0) is 74.9 Å². The number of nitrogens with zero attached hydrogens (tertiary/aromatic N) is 3. The van der Waals surface area contributed by atoms with Crippen LogP contribution in [0.4, 0.5) is 5.82 Å². The van der Waals surface area contributed by atoms with E-state index in [0.29, 0.717) is 17.4 Å². The first-order chi connectivity index (χ1) is 17.6. The number of aromatic nitrogens is 3. The van der Waals surface area contributed by atoms with Crippen molar-refractivity contribution in [2.24, 2.45) is 0 Å². The molecule has 2 heterocycles. The van der Waals surface area contributed by atoms with Crippen LogP contribution in [0, 0.1) is 0 Å². The van der Waals surface area contributed by atoms with Gasteiger partial charge in [-0.1, -0.05) is 23.7 Å². The average molecular weight is 540 g/mol. The van der Waals surface area contributed by atoms with Gasteiger partial charge in [0.15, 0.2) is 0 Å². The van der Waals surface area contributed by atoms with Gasteiger partial charge in [0.05, 0.1) is 17.5 Å². The fraction of sp³-hybridized carbons (Fsp3) is 0.259. The van der Waals surface area contributed by atoms with Crippen LogP contribution in [0.15, 0.2) is 78.0 Å². The number of hydrogen-bond acceptors (Lipinski definition) is 6. The van der Waals surface area contributed by atoms with Crippen LogP contribution < -0.4 is 14.8 Å². The molecular formula is C27H30ClN5O3S. The molecule has 0 saturated heterocycles. The third-order valence-electron chi connectivity index (χ3n) is 5.66. The topological polar surface area (TPSA) is 98.1 Å². The van der Waals surface area contributed by atoms with E-state index in [0.717, 1.165) is 28.1 Å². The first kappa shape index (κ1) is 26.7. The van der Waals surface area contributed by atoms with Crippen LogP contribution in [-0.4, -0.2) is 43.4 Å². The van der Waals surface area contributed by atoms with Gasteiger partial charge in [0, 0.05) is 41.6 Å². The van der Waals surface area contributed by atoms with Gasteiger partial charge in [-0.2, -0.15) is 5.10 Å². The Hall–Kier alpha value is -3.40. The summed E-state index contributed by atoms with van der Waals surface area (Å²) in [5.41, 5.74) is 3.47. The standard InChI is InChI=1S/C27H30ClN5O3S/c1-27(2,3)33-18-24(26(32-33)20-6-5-7-22(16-20)36-4)19-12-13-29-25(17-19)30-14-15-31-37(34,35)23-10-8-21(28)9-11-23/h5-13,16-18,31H,14-15H2,1-4H3,(H,29,30). The van der Waals surface area contributed by atoms with Crippen molar-refractivity contribution >= 4 is 27.4 Å². The van der Waals surface area contributed by atoms with E-state index in [4.69, 9.17) is 21.4 Å². The summed E-state index contributed by atoms with van der Waals surface area (Å²) >= 11 is 5.85. The summed E-state index contributed by atoms with van der Waals surface area (Å²) in [6.07, 6.45) is 3.76.